The van der Waals surface area contributed by atoms with Crippen LogP contribution in [0.1, 0.15) is 24.2 Å². The summed E-state index contributed by atoms with van der Waals surface area (Å²) in [5, 5.41) is 5.64. The van der Waals surface area contributed by atoms with Crippen LogP contribution >= 0.6 is 22.9 Å². The van der Waals surface area contributed by atoms with E-state index in [0.29, 0.717) is 21.5 Å². The number of aromatic nitrogens is 2. The van der Waals surface area contributed by atoms with Crippen molar-refractivity contribution in [1.29, 1.82) is 0 Å². The molecule has 0 spiro atoms. The monoisotopic (exact) mass is 373 g/mol. The molecule has 128 valence electrons. The summed E-state index contributed by atoms with van der Waals surface area (Å²) in [6, 6.07) is 8.73. The Bertz CT molecular complexity index is 881. The Kier molecular flexibility index (Phi) is 5.31. The number of ether oxygens (including phenoxy) is 1. The van der Waals surface area contributed by atoms with E-state index in [2.05, 4.69) is 15.3 Å². The predicted octanol–water partition coefficient (Wildman–Crippen LogP) is 4.90. The highest BCUT2D eigenvalue weighted by molar-refractivity contribution is 7.14. The molecule has 0 unspecified atom stereocenters. The Morgan fingerprint density at radius 1 is 1.32 bits per heavy atom. The standard InChI is InChI=1S/C18H16ClN3O2S/c1-11(2)24-16-6-5-13(19)8-14(16)17(23)22-18-21-15(10-25-18)12-4-3-7-20-9-12/h3-11H,1-2H3,(H,21,22,23). The minimum absolute atomic E-state index is 0.0511. The second-order valence-corrected chi connectivity index (χ2v) is 6.84. The lowest BCUT2D eigenvalue weighted by Gasteiger charge is -2.14. The molecule has 0 fully saturated rings. The number of thiazole rings is 1. The van der Waals surface area contributed by atoms with Gasteiger partial charge in [-0.25, -0.2) is 4.98 Å². The second-order valence-electron chi connectivity index (χ2n) is 5.54. The van der Waals surface area contributed by atoms with Crippen molar-refractivity contribution in [2.45, 2.75) is 20.0 Å². The van der Waals surface area contributed by atoms with Crippen LogP contribution < -0.4 is 10.1 Å². The maximum atomic E-state index is 12.6. The average Bonchev–Trinajstić information content (AvgIpc) is 3.05. The van der Waals surface area contributed by atoms with E-state index in [-0.39, 0.29) is 12.0 Å². The van der Waals surface area contributed by atoms with Gasteiger partial charge in [-0.3, -0.25) is 15.1 Å². The van der Waals surface area contributed by atoms with Crippen molar-refractivity contribution in [2.75, 3.05) is 5.32 Å². The molecule has 1 N–H and O–H groups in total. The zero-order valence-electron chi connectivity index (χ0n) is 13.7. The first kappa shape index (κ1) is 17.4. The van der Waals surface area contributed by atoms with Crippen LogP contribution in [0.15, 0.2) is 48.1 Å². The van der Waals surface area contributed by atoms with E-state index < -0.39 is 0 Å². The quantitative estimate of drug-likeness (QED) is 0.691. The van der Waals surface area contributed by atoms with Crippen LogP contribution in [0.3, 0.4) is 0 Å². The number of nitrogens with one attached hydrogen (secondary N) is 1. The van der Waals surface area contributed by atoms with E-state index in [1.807, 2.05) is 31.4 Å². The molecule has 25 heavy (non-hydrogen) atoms. The fourth-order valence-electron chi connectivity index (χ4n) is 2.18. The molecule has 0 saturated heterocycles. The average molecular weight is 374 g/mol. The number of hydrogen-bond donors (Lipinski definition) is 1. The Balaban J connectivity index is 1.81. The molecule has 0 saturated carbocycles. The molecule has 7 heteroatoms. The van der Waals surface area contributed by atoms with Crippen molar-refractivity contribution in [3.05, 3.63) is 58.7 Å². The Morgan fingerprint density at radius 2 is 2.16 bits per heavy atom. The summed E-state index contributed by atoms with van der Waals surface area (Å²) in [4.78, 5) is 21.1. The number of anilines is 1. The molecule has 3 aromatic rings. The third-order valence-electron chi connectivity index (χ3n) is 3.23. The number of amides is 1. The van der Waals surface area contributed by atoms with E-state index in [9.17, 15) is 4.79 Å². The van der Waals surface area contributed by atoms with Crippen LogP contribution in [0.4, 0.5) is 5.13 Å². The Hall–Kier alpha value is -2.44. The molecule has 1 aromatic carbocycles. The van der Waals surface area contributed by atoms with Gasteiger partial charge in [0, 0.05) is 28.4 Å². The maximum Gasteiger partial charge on any atom is 0.261 e. The summed E-state index contributed by atoms with van der Waals surface area (Å²) in [5.74, 6) is 0.172. The summed E-state index contributed by atoms with van der Waals surface area (Å²) >= 11 is 7.38. The van der Waals surface area contributed by atoms with Gasteiger partial charge in [-0.05, 0) is 44.2 Å². The number of rotatable bonds is 5. The number of carbonyl (C=O) groups excluding carboxylic acids is 1. The number of halogens is 1. The van der Waals surface area contributed by atoms with E-state index in [0.717, 1.165) is 11.3 Å². The smallest absolute Gasteiger partial charge is 0.261 e. The molecule has 0 bridgehead atoms. The van der Waals surface area contributed by atoms with Gasteiger partial charge in [-0.1, -0.05) is 11.6 Å². The summed E-state index contributed by atoms with van der Waals surface area (Å²) in [6.07, 6.45) is 3.38. The molecule has 0 atom stereocenters. The third-order valence-corrected chi connectivity index (χ3v) is 4.22. The van der Waals surface area contributed by atoms with Crippen molar-refractivity contribution < 1.29 is 9.53 Å². The summed E-state index contributed by atoms with van der Waals surface area (Å²) in [6.45, 7) is 3.80. The van der Waals surface area contributed by atoms with Crippen molar-refractivity contribution in [3.8, 4) is 17.0 Å². The largest absolute Gasteiger partial charge is 0.490 e. The Morgan fingerprint density at radius 3 is 2.88 bits per heavy atom. The fraction of sp³-hybridized carbons (Fsp3) is 0.167. The second kappa shape index (κ2) is 7.63. The SMILES string of the molecule is CC(C)Oc1ccc(Cl)cc1C(=O)Nc1nc(-c2cccnc2)cs1. The topological polar surface area (TPSA) is 64.1 Å². The van der Waals surface area contributed by atoms with Crippen molar-refractivity contribution >= 4 is 34.0 Å². The van der Waals surface area contributed by atoms with Gasteiger partial charge in [-0.15, -0.1) is 11.3 Å². The molecule has 1 amide bonds. The zero-order chi connectivity index (χ0) is 17.8. The third kappa shape index (κ3) is 4.35. The molecular formula is C18H16ClN3O2S. The lowest BCUT2D eigenvalue weighted by atomic mass is 10.2. The number of hydrogen-bond acceptors (Lipinski definition) is 5. The maximum absolute atomic E-state index is 12.6. The molecule has 2 heterocycles. The highest BCUT2D eigenvalue weighted by Crippen LogP contribution is 2.27. The number of nitrogens with zero attached hydrogens (tertiary/aromatic N) is 2. The number of benzene rings is 1. The van der Waals surface area contributed by atoms with Crippen LogP contribution in [-0.4, -0.2) is 22.0 Å². The van der Waals surface area contributed by atoms with Gasteiger partial charge in [0.2, 0.25) is 0 Å². The van der Waals surface area contributed by atoms with Gasteiger partial charge < -0.3 is 4.74 Å². The molecule has 5 nitrogen and oxygen atoms in total. The number of carbonyl (C=O) groups is 1. The molecule has 3 rings (SSSR count). The molecule has 0 aliphatic heterocycles. The predicted molar refractivity (Wildman–Crippen MR) is 101 cm³/mol. The summed E-state index contributed by atoms with van der Waals surface area (Å²) in [5.41, 5.74) is 2.03. The molecular weight excluding hydrogens is 358 g/mol. The number of pyridine rings is 1. The molecule has 0 aliphatic rings. The summed E-state index contributed by atoms with van der Waals surface area (Å²) in [7, 11) is 0. The van der Waals surface area contributed by atoms with Gasteiger partial charge in [0.25, 0.3) is 5.91 Å². The minimum Gasteiger partial charge on any atom is -0.490 e. The van der Waals surface area contributed by atoms with Crippen LogP contribution in [-0.2, 0) is 0 Å². The van der Waals surface area contributed by atoms with Gasteiger partial charge in [0.15, 0.2) is 5.13 Å². The van der Waals surface area contributed by atoms with Gasteiger partial charge in [-0.2, -0.15) is 0 Å². The van der Waals surface area contributed by atoms with Crippen LogP contribution in [0, 0.1) is 0 Å². The lowest BCUT2D eigenvalue weighted by Crippen LogP contribution is -2.15. The highest BCUT2D eigenvalue weighted by Gasteiger charge is 2.16. The Labute approximate surface area is 154 Å². The first-order valence-electron chi connectivity index (χ1n) is 7.66. The lowest BCUT2D eigenvalue weighted by molar-refractivity contribution is 0.102. The summed E-state index contributed by atoms with van der Waals surface area (Å²) < 4.78 is 5.69. The minimum atomic E-state index is -0.315. The van der Waals surface area contributed by atoms with Crippen LogP contribution in [0.5, 0.6) is 5.75 Å². The first-order chi connectivity index (χ1) is 12.0. The van der Waals surface area contributed by atoms with Gasteiger partial charge in [0.1, 0.15) is 5.75 Å². The first-order valence-corrected chi connectivity index (χ1v) is 8.92. The normalized spacial score (nSPS) is 10.7. The zero-order valence-corrected chi connectivity index (χ0v) is 15.3. The van der Waals surface area contributed by atoms with E-state index >= 15 is 0 Å². The van der Waals surface area contributed by atoms with Crippen molar-refractivity contribution in [2.24, 2.45) is 0 Å². The van der Waals surface area contributed by atoms with E-state index in [1.54, 1.807) is 30.6 Å². The highest BCUT2D eigenvalue weighted by atomic mass is 35.5. The van der Waals surface area contributed by atoms with Crippen molar-refractivity contribution in [1.82, 2.24) is 9.97 Å². The van der Waals surface area contributed by atoms with Gasteiger partial charge in [0.05, 0.1) is 17.4 Å². The van der Waals surface area contributed by atoms with Crippen LogP contribution in [0.25, 0.3) is 11.3 Å². The molecule has 0 radical (unpaired) electrons. The molecule has 0 aliphatic carbocycles. The van der Waals surface area contributed by atoms with Crippen molar-refractivity contribution in [3.63, 3.8) is 0 Å². The molecule has 2 aromatic heterocycles. The fourth-order valence-corrected chi connectivity index (χ4v) is 3.07. The van der Waals surface area contributed by atoms with E-state index in [1.165, 1.54) is 11.3 Å². The van der Waals surface area contributed by atoms with Crippen LogP contribution in [0.2, 0.25) is 5.02 Å². The van der Waals surface area contributed by atoms with Gasteiger partial charge >= 0.3 is 0 Å². The van der Waals surface area contributed by atoms with E-state index in [4.69, 9.17) is 16.3 Å².